The quantitative estimate of drug-likeness (QED) is 0.637. The molecule has 0 saturated carbocycles. The number of anilines is 2. The van der Waals surface area contributed by atoms with Crippen LogP contribution >= 0.6 is 11.6 Å². The Morgan fingerprint density at radius 2 is 1.70 bits per heavy atom. The Morgan fingerprint density at radius 1 is 1.00 bits per heavy atom. The molecule has 0 aliphatic rings. The van der Waals surface area contributed by atoms with Gasteiger partial charge in [0.25, 0.3) is 11.8 Å². The maximum absolute atomic E-state index is 12.7. The van der Waals surface area contributed by atoms with E-state index in [1.54, 1.807) is 54.6 Å². The first-order valence-corrected chi connectivity index (χ1v) is 8.64. The first kappa shape index (κ1) is 18.5. The molecule has 0 unspecified atom stereocenters. The Hall–Kier alpha value is -3.25. The van der Waals surface area contributed by atoms with Crippen molar-refractivity contribution in [3.63, 3.8) is 0 Å². The molecule has 0 atom stereocenters. The Bertz CT molecular complexity index is 954. The van der Waals surface area contributed by atoms with Crippen LogP contribution in [-0.2, 0) is 0 Å². The van der Waals surface area contributed by atoms with Gasteiger partial charge in [-0.25, -0.2) is 0 Å². The maximum atomic E-state index is 12.7. The van der Waals surface area contributed by atoms with Crippen molar-refractivity contribution in [3.05, 3.63) is 77.2 Å². The molecule has 2 amide bonds. The molecular weight excluding hydrogens is 368 g/mol. The van der Waals surface area contributed by atoms with E-state index >= 15 is 0 Å². The van der Waals surface area contributed by atoms with Gasteiger partial charge in [-0.2, -0.15) is 0 Å². The predicted octanol–water partition coefficient (Wildman–Crippen LogP) is 4.84. The lowest BCUT2D eigenvalue weighted by Gasteiger charge is -2.14. The van der Waals surface area contributed by atoms with Gasteiger partial charge in [-0.3, -0.25) is 9.59 Å². The summed E-state index contributed by atoms with van der Waals surface area (Å²) in [5, 5.41) is 5.98. The van der Waals surface area contributed by atoms with Crippen molar-refractivity contribution in [2.24, 2.45) is 0 Å². The SMILES string of the molecule is CCOc1cc(Cl)ccc1C(=O)Nc1ccccc1NC(=O)c1ccco1. The Kier molecular flexibility index (Phi) is 5.78. The van der Waals surface area contributed by atoms with Gasteiger partial charge in [0.1, 0.15) is 5.75 Å². The molecule has 0 radical (unpaired) electrons. The molecule has 0 aliphatic carbocycles. The molecule has 0 fully saturated rings. The van der Waals surface area contributed by atoms with Crippen LogP contribution in [0.15, 0.2) is 65.3 Å². The highest BCUT2D eigenvalue weighted by atomic mass is 35.5. The standard InChI is InChI=1S/C20H17ClN2O4/c1-2-26-18-12-13(21)9-10-14(18)19(24)22-15-6-3-4-7-16(15)23-20(25)17-8-5-11-27-17/h3-12H,2H2,1H3,(H,22,24)(H,23,25). The number of halogens is 1. The van der Waals surface area contributed by atoms with Crippen molar-refractivity contribution in [2.45, 2.75) is 6.92 Å². The number of para-hydroxylation sites is 2. The van der Waals surface area contributed by atoms with Crippen LogP contribution in [0.2, 0.25) is 5.02 Å². The van der Waals surface area contributed by atoms with Crippen LogP contribution in [0.5, 0.6) is 5.75 Å². The normalized spacial score (nSPS) is 10.3. The van der Waals surface area contributed by atoms with E-state index in [4.69, 9.17) is 20.8 Å². The molecule has 2 N–H and O–H groups in total. The Balaban J connectivity index is 1.82. The number of carbonyl (C=O) groups is 2. The summed E-state index contributed by atoms with van der Waals surface area (Å²) in [5.74, 6) is -0.231. The minimum Gasteiger partial charge on any atom is -0.493 e. The molecule has 2 aromatic carbocycles. The van der Waals surface area contributed by atoms with E-state index in [2.05, 4.69) is 10.6 Å². The van der Waals surface area contributed by atoms with Crippen molar-refractivity contribution in [2.75, 3.05) is 17.2 Å². The highest BCUT2D eigenvalue weighted by Gasteiger charge is 2.16. The van der Waals surface area contributed by atoms with Crippen LogP contribution in [0.4, 0.5) is 11.4 Å². The summed E-state index contributed by atoms with van der Waals surface area (Å²) in [6.45, 7) is 2.22. The number of amides is 2. The molecule has 3 aromatic rings. The van der Waals surface area contributed by atoms with Gasteiger partial charge in [-0.1, -0.05) is 23.7 Å². The largest absolute Gasteiger partial charge is 0.493 e. The number of hydrogen-bond donors (Lipinski definition) is 2. The smallest absolute Gasteiger partial charge is 0.291 e. The fourth-order valence-electron chi connectivity index (χ4n) is 2.44. The lowest BCUT2D eigenvalue weighted by molar-refractivity contribution is 0.0992. The number of benzene rings is 2. The lowest BCUT2D eigenvalue weighted by atomic mass is 10.1. The first-order valence-electron chi connectivity index (χ1n) is 8.26. The fourth-order valence-corrected chi connectivity index (χ4v) is 2.60. The molecule has 0 aliphatic heterocycles. The molecule has 7 heteroatoms. The second-order valence-electron chi connectivity index (χ2n) is 5.50. The van der Waals surface area contributed by atoms with Crippen molar-refractivity contribution in [1.82, 2.24) is 0 Å². The van der Waals surface area contributed by atoms with Gasteiger partial charge < -0.3 is 19.8 Å². The Morgan fingerprint density at radius 3 is 2.33 bits per heavy atom. The highest BCUT2D eigenvalue weighted by Crippen LogP contribution is 2.27. The minimum atomic E-state index is -0.414. The minimum absolute atomic E-state index is 0.174. The number of ether oxygens (including phenoxy) is 1. The second kappa shape index (κ2) is 8.42. The highest BCUT2D eigenvalue weighted by molar-refractivity contribution is 6.31. The van der Waals surface area contributed by atoms with Crippen LogP contribution < -0.4 is 15.4 Å². The monoisotopic (exact) mass is 384 g/mol. The molecule has 0 bridgehead atoms. The summed E-state index contributed by atoms with van der Waals surface area (Å²) in [4.78, 5) is 24.9. The molecule has 3 rings (SSSR count). The zero-order chi connectivity index (χ0) is 19.2. The van der Waals surface area contributed by atoms with E-state index in [0.717, 1.165) is 0 Å². The molecule has 138 valence electrons. The molecule has 0 saturated heterocycles. The van der Waals surface area contributed by atoms with Crippen molar-refractivity contribution >= 4 is 34.8 Å². The summed E-state index contributed by atoms with van der Waals surface area (Å²) in [6.07, 6.45) is 1.42. The van der Waals surface area contributed by atoms with Gasteiger partial charge in [-0.15, -0.1) is 0 Å². The van der Waals surface area contributed by atoms with E-state index in [0.29, 0.717) is 34.3 Å². The first-order chi connectivity index (χ1) is 13.1. The molecule has 27 heavy (non-hydrogen) atoms. The average Bonchev–Trinajstić information content (AvgIpc) is 3.18. The third-order valence-electron chi connectivity index (χ3n) is 3.66. The van der Waals surface area contributed by atoms with Crippen LogP contribution in [-0.4, -0.2) is 18.4 Å². The summed E-state index contributed by atoms with van der Waals surface area (Å²) in [6, 6.07) is 14.8. The van der Waals surface area contributed by atoms with Gasteiger partial charge in [0.15, 0.2) is 5.76 Å². The average molecular weight is 385 g/mol. The topological polar surface area (TPSA) is 80.6 Å². The Labute approximate surface area is 161 Å². The second-order valence-corrected chi connectivity index (χ2v) is 5.94. The van der Waals surface area contributed by atoms with E-state index in [9.17, 15) is 9.59 Å². The molecule has 6 nitrogen and oxygen atoms in total. The molecule has 1 aromatic heterocycles. The third-order valence-corrected chi connectivity index (χ3v) is 3.89. The van der Waals surface area contributed by atoms with Crippen LogP contribution in [0.1, 0.15) is 27.8 Å². The van der Waals surface area contributed by atoms with Gasteiger partial charge >= 0.3 is 0 Å². The van der Waals surface area contributed by atoms with Crippen LogP contribution in [0.3, 0.4) is 0 Å². The van der Waals surface area contributed by atoms with E-state index in [1.807, 2.05) is 6.92 Å². The third kappa shape index (κ3) is 4.48. The summed E-state index contributed by atoms with van der Waals surface area (Å²) in [5.41, 5.74) is 1.23. The van der Waals surface area contributed by atoms with E-state index in [1.165, 1.54) is 6.26 Å². The van der Waals surface area contributed by atoms with E-state index in [-0.39, 0.29) is 11.7 Å². The molecule has 1 heterocycles. The van der Waals surface area contributed by atoms with Crippen LogP contribution in [0.25, 0.3) is 0 Å². The zero-order valence-electron chi connectivity index (χ0n) is 14.5. The van der Waals surface area contributed by atoms with E-state index < -0.39 is 5.91 Å². The van der Waals surface area contributed by atoms with Crippen molar-refractivity contribution < 1.29 is 18.7 Å². The number of nitrogens with one attached hydrogen (secondary N) is 2. The summed E-state index contributed by atoms with van der Waals surface area (Å²) in [7, 11) is 0. The number of rotatable bonds is 6. The van der Waals surface area contributed by atoms with Crippen LogP contribution in [0, 0.1) is 0 Å². The predicted molar refractivity (Wildman–Crippen MR) is 104 cm³/mol. The van der Waals surface area contributed by atoms with Crippen molar-refractivity contribution in [1.29, 1.82) is 0 Å². The van der Waals surface area contributed by atoms with Gasteiger partial charge in [-0.05, 0) is 49.4 Å². The summed E-state index contributed by atoms with van der Waals surface area (Å²) >= 11 is 5.98. The fraction of sp³-hybridized carbons (Fsp3) is 0.100. The van der Waals surface area contributed by atoms with Gasteiger partial charge in [0.05, 0.1) is 29.8 Å². The number of hydrogen-bond acceptors (Lipinski definition) is 4. The molecular formula is C20H17ClN2O4. The lowest BCUT2D eigenvalue weighted by Crippen LogP contribution is -2.17. The molecule has 0 spiro atoms. The van der Waals surface area contributed by atoms with Gasteiger partial charge in [0.2, 0.25) is 0 Å². The van der Waals surface area contributed by atoms with Gasteiger partial charge in [0, 0.05) is 5.02 Å². The number of furan rings is 1. The summed E-state index contributed by atoms with van der Waals surface area (Å²) < 4.78 is 10.6. The van der Waals surface area contributed by atoms with Crippen molar-refractivity contribution in [3.8, 4) is 5.75 Å². The number of carbonyl (C=O) groups excluding carboxylic acids is 2. The maximum Gasteiger partial charge on any atom is 0.291 e. The zero-order valence-corrected chi connectivity index (χ0v) is 15.2.